The van der Waals surface area contributed by atoms with Crippen molar-refractivity contribution < 1.29 is 9.59 Å². The lowest BCUT2D eigenvalue weighted by Crippen LogP contribution is -2.34. The zero-order valence-electron chi connectivity index (χ0n) is 16.5. The van der Waals surface area contributed by atoms with Gasteiger partial charge in [0.15, 0.2) is 0 Å². The van der Waals surface area contributed by atoms with Crippen molar-refractivity contribution in [3.8, 4) is 0 Å². The monoisotopic (exact) mass is 429 g/mol. The summed E-state index contributed by atoms with van der Waals surface area (Å²) in [5.74, 6) is -0.332. The minimum Gasteiger partial charge on any atom is -0.351 e. The van der Waals surface area contributed by atoms with Crippen LogP contribution in [0.2, 0.25) is 5.02 Å². The molecular formula is C22H24ClN3O2S. The first-order valence-electron chi connectivity index (χ1n) is 9.61. The first kappa shape index (κ1) is 21.4. The number of likely N-dealkylation sites (N-methyl/N-ethyl adjacent to an activating group) is 1. The molecule has 0 saturated carbocycles. The van der Waals surface area contributed by atoms with Crippen molar-refractivity contribution in [2.75, 3.05) is 31.5 Å². The quantitative estimate of drug-likeness (QED) is 0.636. The number of anilines is 1. The minimum absolute atomic E-state index is 0.139. The summed E-state index contributed by atoms with van der Waals surface area (Å²) in [4.78, 5) is 28.7. The predicted octanol–water partition coefficient (Wildman–Crippen LogP) is 4.50. The number of halogens is 1. The lowest BCUT2D eigenvalue weighted by Gasteiger charge is -2.20. The SMILES string of the molecule is CCN(CC)CCNC(=O)c1ccc2c(c1)NC(=O)/C(=C\c1cccc(Cl)c1)S2. The number of hydrogen-bond acceptors (Lipinski definition) is 4. The molecule has 2 aromatic carbocycles. The van der Waals surface area contributed by atoms with E-state index in [1.807, 2.05) is 30.3 Å². The van der Waals surface area contributed by atoms with E-state index in [4.69, 9.17) is 11.6 Å². The Hall–Kier alpha value is -2.28. The highest BCUT2D eigenvalue weighted by Crippen LogP contribution is 2.39. The van der Waals surface area contributed by atoms with Crippen molar-refractivity contribution in [1.82, 2.24) is 10.2 Å². The van der Waals surface area contributed by atoms with Crippen LogP contribution in [0.1, 0.15) is 29.8 Å². The van der Waals surface area contributed by atoms with Crippen LogP contribution in [-0.2, 0) is 4.79 Å². The molecule has 0 aliphatic carbocycles. The summed E-state index contributed by atoms with van der Waals surface area (Å²) in [5.41, 5.74) is 2.05. The van der Waals surface area contributed by atoms with Crippen LogP contribution >= 0.6 is 23.4 Å². The smallest absolute Gasteiger partial charge is 0.262 e. The van der Waals surface area contributed by atoms with Gasteiger partial charge in [0.2, 0.25) is 0 Å². The summed E-state index contributed by atoms with van der Waals surface area (Å²) in [7, 11) is 0. The molecule has 0 spiro atoms. The Morgan fingerprint density at radius 2 is 2.00 bits per heavy atom. The third-order valence-electron chi connectivity index (χ3n) is 4.69. The molecule has 0 unspecified atom stereocenters. The lowest BCUT2D eigenvalue weighted by atomic mass is 10.1. The number of rotatable bonds is 7. The summed E-state index contributed by atoms with van der Waals surface area (Å²) in [6.45, 7) is 7.52. The first-order chi connectivity index (χ1) is 14.0. The Morgan fingerprint density at radius 1 is 1.21 bits per heavy atom. The summed E-state index contributed by atoms with van der Waals surface area (Å²) in [6.07, 6.45) is 1.81. The van der Waals surface area contributed by atoms with Gasteiger partial charge in [-0.2, -0.15) is 0 Å². The molecule has 29 heavy (non-hydrogen) atoms. The van der Waals surface area contributed by atoms with E-state index in [0.29, 0.717) is 27.7 Å². The number of benzene rings is 2. The van der Waals surface area contributed by atoms with E-state index in [-0.39, 0.29) is 11.8 Å². The number of thioether (sulfide) groups is 1. The molecule has 0 radical (unpaired) electrons. The van der Waals surface area contributed by atoms with Crippen molar-refractivity contribution in [3.63, 3.8) is 0 Å². The molecule has 1 heterocycles. The first-order valence-corrected chi connectivity index (χ1v) is 10.8. The topological polar surface area (TPSA) is 61.4 Å². The van der Waals surface area contributed by atoms with Gasteiger partial charge in [-0.25, -0.2) is 0 Å². The van der Waals surface area contributed by atoms with Crippen molar-refractivity contribution in [2.45, 2.75) is 18.7 Å². The summed E-state index contributed by atoms with van der Waals surface area (Å²) >= 11 is 7.40. The van der Waals surface area contributed by atoms with Gasteiger partial charge in [-0.05, 0) is 55.1 Å². The highest BCUT2D eigenvalue weighted by Gasteiger charge is 2.22. The molecule has 1 aliphatic rings. The third kappa shape index (κ3) is 5.63. The number of amides is 2. The maximum atomic E-state index is 12.5. The van der Waals surface area contributed by atoms with E-state index in [1.54, 1.807) is 18.2 Å². The minimum atomic E-state index is -0.193. The van der Waals surface area contributed by atoms with Crippen molar-refractivity contribution in [3.05, 3.63) is 63.5 Å². The highest BCUT2D eigenvalue weighted by atomic mass is 35.5. The number of carbonyl (C=O) groups excluding carboxylic acids is 2. The number of hydrogen-bond donors (Lipinski definition) is 2. The van der Waals surface area contributed by atoms with Crippen molar-refractivity contribution in [1.29, 1.82) is 0 Å². The Morgan fingerprint density at radius 3 is 2.72 bits per heavy atom. The Balaban J connectivity index is 1.69. The molecule has 2 amide bonds. The molecule has 0 fully saturated rings. The molecule has 0 saturated heterocycles. The van der Waals surface area contributed by atoms with Gasteiger partial charge in [0.1, 0.15) is 0 Å². The molecule has 2 N–H and O–H groups in total. The Kier molecular flexibility index (Phi) is 7.36. The maximum Gasteiger partial charge on any atom is 0.262 e. The fraction of sp³-hybridized carbons (Fsp3) is 0.273. The van der Waals surface area contributed by atoms with Gasteiger partial charge in [-0.3, -0.25) is 9.59 Å². The van der Waals surface area contributed by atoms with Crippen molar-refractivity contribution >= 4 is 46.9 Å². The van der Waals surface area contributed by atoms with Gasteiger partial charge >= 0.3 is 0 Å². The number of nitrogens with one attached hydrogen (secondary N) is 2. The molecule has 3 rings (SSSR count). The second-order valence-electron chi connectivity index (χ2n) is 6.61. The third-order valence-corrected chi connectivity index (χ3v) is 6.02. The summed E-state index contributed by atoms with van der Waals surface area (Å²) in [6, 6.07) is 12.7. The van der Waals surface area contributed by atoms with Gasteiger partial charge in [-0.1, -0.05) is 49.3 Å². The zero-order valence-corrected chi connectivity index (χ0v) is 18.1. The number of fused-ring (bicyclic) bond motifs is 1. The van der Waals surface area contributed by atoms with E-state index in [1.165, 1.54) is 11.8 Å². The average Bonchev–Trinajstić information content (AvgIpc) is 2.71. The predicted molar refractivity (Wildman–Crippen MR) is 120 cm³/mol. The summed E-state index contributed by atoms with van der Waals surface area (Å²) < 4.78 is 0. The van der Waals surface area contributed by atoms with Crippen LogP contribution in [0.4, 0.5) is 5.69 Å². The van der Waals surface area contributed by atoms with Gasteiger partial charge in [0.25, 0.3) is 11.8 Å². The van der Waals surface area contributed by atoms with Crippen LogP contribution in [0.5, 0.6) is 0 Å². The van der Waals surface area contributed by atoms with Crippen LogP contribution in [-0.4, -0.2) is 42.9 Å². The van der Waals surface area contributed by atoms with Gasteiger partial charge < -0.3 is 15.5 Å². The highest BCUT2D eigenvalue weighted by molar-refractivity contribution is 8.04. The zero-order chi connectivity index (χ0) is 20.8. The van der Waals surface area contributed by atoms with E-state index < -0.39 is 0 Å². The van der Waals surface area contributed by atoms with Gasteiger partial charge in [-0.15, -0.1) is 0 Å². The van der Waals surface area contributed by atoms with Crippen LogP contribution in [0, 0.1) is 0 Å². The number of carbonyl (C=O) groups is 2. The second-order valence-corrected chi connectivity index (χ2v) is 8.13. The van der Waals surface area contributed by atoms with E-state index in [2.05, 4.69) is 29.4 Å². The Labute approximate surface area is 180 Å². The molecule has 0 bridgehead atoms. The molecule has 1 aliphatic heterocycles. The maximum absolute atomic E-state index is 12.5. The molecule has 0 atom stereocenters. The van der Waals surface area contributed by atoms with Crippen LogP contribution in [0.3, 0.4) is 0 Å². The van der Waals surface area contributed by atoms with E-state index in [0.717, 1.165) is 30.1 Å². The normalized spacial score (nSPS) is 14.6. The summed E-state index contributed by atoms with van der Waals surface area (Å²) in [5, 5.41) is 6.45. The fourth-order valence-electron chi connectivity index (χ4n) is 3.02. The lowest BCUT2D eigenvalue weighted by molar-refractivity contribution is -0.112. The van der Waals surface area contributed by atoms with E-state index in [9.17, 15) is 9.59 Å². The van der Waals surface area contributed by atoms with Crippen molar-refractivity contribution in [2.24, 2.45) is 0 Å². The standard InChI is InChI=1S/C22H24ClN3O2S/c1-3-26(4-2)11-10-24-21(27)16-8-9-19-18(14-16)25-22(28)20(29-19)13-15-6-5-7-17(23)12-15/h5-9,12-14H,3-4,10-11H2,1-2H3,(H,24,27)(H,25,28)/b20-13+. The molecule has 0 aromatic heterocycles. The van der Waals surface area contributed by atoms with E-state index >= 15 is 0 Å². The molecular weight excluding hydrogens is 406 g/mol. The van der Waals surface area contributed by atoms with Crippen LogP contribution in [0.25, 0.3) is 6.08 Å². The van der Waals surface area contributed by atoms with Gasteiger partial charge in [0, 0.05) is 28.6 Å². The molecule has 152 valence electrons. The molecule has 5 nitrogen and oxygen atoms in total. The van der Waals surface area contributed by atoms with Crippen LogP contribution < -0.4 is 10.6 Å². The second kappa shape index (κ2) is 9.96. The largest absolute Gasteiger partial charge is 0.351 e. The molecule has 2 aromatic rings. The average molecular weight is 430 g/mol. The van der Waals surface area contributed by atoms with Gasteiger partial charge in [0.05, 0.1) is 10.6 Å². The Bertz CT molecular complexity index is 941. The fourth-order valence-corrected chi connectivity index (χ4v) is 4.15. The molecule has 7 heteroatoms. The van der Waals surface area contributed by atoms with Crippen LogP contribution in [0.15, 0.2) is 52.3 Å². The number of nitrogens with zero attached hydrogens (tertiary/aromatic N) is 1.